The minimum Gasteiger partial charge on any atom is -0.489 e. The molecule has 0 aliphatic heterocycles. The molecule has 4 aromatic rings. The van der Waals surface area contributed by atoms with E-state index in [0.717, 1.165) is 11.3 Å². The summed E-state index contributed by atoms with van der Waals surface area (Å²) in [6.45, 7) is 3.08. The molecule has 3 aromatic carbocycles. The lowest BCUT2D eigenvalue weighted by atomic mass is 10.1. The Hall–Kier alpha value is -3.57. The summed E-state index contributed by atoms with van der Waals surface area (Å²) in [5.41, 5.74) is 3.84. The first-order chi connectivity index (χ1) is 15.1. The van der Waals surface area contributed by atoms with Crippen LogP contribution in [0.2, 0.25) is 5.02 Å². The van der Waals surface area contributed by atoms with E-state index in [2.05, 4.69) is 29.5 Å². The van der Waals surface area contributed by atoms with Crippen molar-refractivity contribution < 1.29 is 9.53 Å². The third kappa shape index (κ3) is 5.53. The molecule has 0 atom stereocenters. The van der Waals surface area contributed by atoms with Gasteiger partial charge in [-0.05, 0) is 60.0 Å². The molecule has 1 heterocycles. The quantitative estimate of drug-likeness (QED) is 0.407. The zero-order valence-corrected chi connectivity index (χ0v) is 17.8. The summed E-state index contributed by atoms with van der Waals surface area (Å²) in [6, 6.07) is 24.5. The van der Waals surface area contributed by atoms with Crippen molar-refractivity contribution >= 4 is 23.3 Å². The van der Waals surface area contributed by atoms with Crippen LogP contribution in [0.1, 0.15) is 27.0 Å². The highest BCUT2D eigenvalue weighted by atomic mass is 35.5. The first kappa shape index (κ1) is 20.7. The zero-order valence-electron chi connectivity index (χ0n) is 17.1. The molecule has 1 N–H and O–H groups in total. The van der Waals surface area contributed by atoms with E-state index in [1.54, 1.807) is 24.3 Å². The number of halogens is 1. The van der Waals surface area contributed by atoms with Gasteiger partial charge in [-0.2, -0.15) is 5.10 Å². The number of anilines is 1. The predicted octanol–water partition coefficient (Wildman–Crippen LogP) is 5.72. The number of rotatable bonds is 7. The molecule has 6 heteroatoms. The summed E-state index contributed by atoms with van der Waals surface area (Å²) in [4.78, 5) is 12.7. The van der Waals surface area contributed by atoms with Gasteiger partial charge in [-0.3, -0.25) is 9.48 Å². The van der Waals surface area contributed by atoms with Gasteiger partial charge in [0, 0.05) is 22.8 Å². The number of aromatic nitrogens is 2. The smallest absolute Gasteiger partial charge is 0.256 e. The monoisotopic (exact) mass is 431 g/mol. The third-order valence-corrected chi connectivity index (χ3v) is 5.14. The molecule has 156 valence electrons. The Morgan fingerprint density at radius 1 is 1.03 bits per heavy atom. The van der Waals surface area contributed by atoms with Gasteiger partial charge in [0.25, 0.3) is 5.91 Å². The van der Waals surface area contributed by atoms with Crippen LogP contribution in [0, 0.1) is 6.92 Å². The molecule has 0 saturated heterocycles. The Morgan fingerprint density at radius 3 is 2.65 bits per heavy atom. The van der Waals surface area contributed by atoms with Gasteiger partial charge in [0.05, 0.1) is 6.54 Å². The molecule has 0 aliphatic rings. The summed E-state index contributed by atoms with van der Waals surface area (Å²) in [6.07, 6.45) is 1.86. The highest BCUT2D eigenvalue weighted by Gasteiger charge is 2.10. The van der Waals surface area contributed by atoms with Crippen LogP contribution in [0.15, 0.2) is 85.1 Å². The summed E-state index contributed by atoms with van der Waals surface area (Å²) in [5, 5.41) is 7.99. The van der Waals surface area contributed by atoms with Crippen LogP contribution >= 0.6 is 11.6 Å². The number of nitrogens with zero attached hydrogens (tertiary/aromatic N) is 2. The maximum absolute atomic E-state index is 12.7. The Labute approximate surface area is 186 Å². The molecule has 5 nitrogen and oxygen atoms in total. The standard InChI is InChI=1S/C25H22ClN3O2/c1-18-5-2-3-7-21(18)16-29-14-13-24(28-29)27-25(30)20-8-4-6-19(15-20)17-31-23-11-9-22(26)10-12-23/h2-15H,16-17H2,1H3,(H,27,28,30). The zero-order chi connectivity index (χ0) is 21.6. The van der Waals surface area contributed by atoms with Crippen LogP contribution in [0.4, 0.5) is 5.82 Å². The molecular formula is C25H22ClN3O2. The van der Waals surface area contributed by atoms with Crippen LogP contribution in [0.5, 0.6) is 5.75 Å². The Bertz CT molecular complexity index is 1190. The number of ether oxygens (including phenoxy) is 1. The van der Waals surface area contributed by atoms with Crippen molar-refractivity contribution in [3.8, 4) is 5.75 Å². The van der Waals surface area contributed by atoms with Gasteiger partial charge in [-0.15, -0.1) is 0 Å². The Kier molecular flexibility index (Phi) is 6.34. The van der Waals surface area contributed by atoms with E-state index in [0.29, 0.717) is 29.6 Å². The van der Waals surface area contributed by atoms with E-state index < -0.39 is 0 Å². The number of carbonyl (C=O) groups is 1. The second kappa shape index (κ2) is 9.49. The average Bonchev–Trinajstić information content (AvgIpc) is 3.22. The lowest BCUT2D eigenvalue weighted by Gasteiger charge is -2.08. The maximum atomic E-state index is 12.7. The molecule has 0 fully saturated rings. The molecular weight excluding hydrogens is 410 g/mol. The van der Waals surface area contributed by atoms with Crippen LogP contribution in [0.3, 0.4) is 0 Å². The first-order valence-corrected chi connectivity index (χ1v) is 10.3. The summed E-state index contributed by atoms with van der Waals surface area (Å²) in [5.74, 6) is 1.02. The van der Waals surface area contributed by atoms with Crippen LogP contribution in [-0.4, -0.2) is 15.7 Å². The minimum atomic E-state index is -0.213. The summed E-state index contributed by atoms with van der Waals surface area (Å²) < 4.78 is 7.58. The highest BCUT2D eigenvalue weighted by Crippen LogP contribution is 2.18. The van der Waals surface area contributed by atoms with E-state index in [4.69, 9.17) is 16.3 Å². The largest absolute Gasteiger partial charge is 0.489 e. The van der Waals surface area contributed by atoms with Crippen molar-refractivity contribution in [3.63, 3.8) is 0 Å². The van der Waals surface area contributed by atoms with Crippen molar-refractivity contribution in [2.45, 2.75) is 20.1 Å². The van der Waals surface area contributed by atoms with Crippen LogP contribution in [0.25, 0.3) is 0 Å². The normalized spacial score (nSPS) is 10.6. The topological polar surface area (TPSA) is 56.2 Å². The average molecular weight is 432 g/mol. The number of hydrogen-bond donors (Lipinski definition) is 1. The fourth-order valence-corrected chi connectivity index (χ4v) is 3.29. The summed E-state index contributed by atoms with van der Waals surface area (Å²) in [7, 11) is 0. The molecule has 0 radical (unpaired) electrons. The van der Waals surface area contributed by atoms with Gasteiger partial charge in [0.1, 0.15) is 12.4 Å². The van der Waals surface area contributed by atoms with E-state index >= 15 is 0 Å². The van der Waals surface area contributed by atoms with E-state index in [-0.39, 0.29) is 5.91 Å². The Morgan fingerprint density at radius 2 is 1.84 bits per heavy atom. The number of aryl methyl sites for hydroxylation is 1. The van der Waals surface area contributed by atoms with Crippen LogP contribution in [-0.2, 0) is 13.2 Å². The predicted molar refractivity (Wildman–Crippen MR) is 123 cm³/mol. The maximum Gasteiger partial charge on any atom is 0.256 e. The van der Waals surface area contributed by atoms with E-state index in [1.165, 1.54) is 11.1 Å². The molecule has 1 amide bonds. The van der Waals surface area contributed by atoms with Crippen molar-refractivity contribution in [1.29, 1.82) is 0 Å². The van der Waals surface area contributed by atoms with Gasteiger partial charge in [0.2, 0.25) is 0 Å². The SMILES string of the molecule is Cc1ccccc1Cn1ccc(NC(=O)c2cccc(COc3ccc(Cl)cc3)c2)n1. The molecule has 0 bridgehead atoms. The highest BCUT2D eigenvalue weighted by molar-refractivity contribution is 6.30. The molecule has 0 spiro atoms. The van der Waals surface area contributed by atoms with Gasteiger partial charge < -0.3 is 10.1 Å². The third-order valence-electron chi connectivity index (χ3n) is 4.88. The fraction of sp³-hybridized carbons (Fsp3) is 0.120. The van der Waals surface area contributed by atoms with Gasteiger partial charge in [-0.25, -0.2) is 0 Å². The molecule has 0 unspecified atom stereocenters. The molecule has 31 heavy (non-hydrogen) atoms. The Balaban J connectivity index is 1.37. The van der Waals surface area contributed by atoms with E-state index in [1.807, 2.05) is 53.3 Å². The lowest BCUT2D eigenvalue weighted by Crippen LogP contribution is -2.13. The fourth-order valence-electron chi connectivity index (χ4n) is 3.17. The van der Waals surface area contributed by atoms with Crippen molar-refractivity contribution in [1.82, 2.24) is 9.78 Å². The lowest BCUT2D eigenvalue weighted by molar-refractivity contribution is 0.102. The van der Waals surface area contributed by atoms with Crippen LogP contribution < -0.4 is 10.1 Å². The van der Waals surface area contributed by atoms with Crippen molar-refractivity contribution in [2.24, 2.45) is 0 Å². The second-order valence-corrected chi connectivity index (χ2v) is 7.66. The molecule has 1 aromatic heterocycles. The first-order valence-electron chi connectivity index (χ1n) is 9.93. The number of benzene rings is 3. The number of carbonyl (C=O) groups excluding carboxylic acids is 1. The molecule has 4 rings (SSSR count). The van der Waals surface area contributed by atoms with E-state index in [9.17, 15) is 4.79 Å². The van der Waals surface area contributed by atoms with Gasteiger partial charge >= 0.3 is 0 Å². The van der Waals surface area contributed by atoms with Crippen molar-refractivity contribution in [2.75, 3.05) is 5.32 Å². The number of hydrogen-bond acceptors (Lipinski definition) is 3. The minimum absolute atomic E-state index is 0.213. The molecule has 0 aliphatic carbocycles. The summed E-state index contributed by atoms with van der Waals surface area (Å²) >= 11 is 5.89. The number of amides is 1. The number of nitrogens with one attached hydrogen (secondary N) is 1. The molecule has 0 saturated carbocycles. The van der Waals surface area contributed by atoms with Gasteiger partial charge in [0.15, 0.2) is 5.82 Å². The van der Waals surface area contributed by atoms with Gasteiger partial charge in [-0.1, -0.05) is 48.0 Å². The van der Waals surface area contributed by atoms with Crippen molar-refractivity contribution in [3.05, 3.63) is 112 Å². The second-order valence-electron chi connectivity index (χ2n) is 7.22.